The van der Waals surface area contributed by atoms with Gasteiger partial charge in [-0.1, -0.05) is 59.6 Å². The summed E-state index contributed by atoms with van der Waals surface area (Å²) >= 11 is 5.40. The van der Waals surface area contributed by atoms with Crippen LogP contribution in [0.2, 0.25) is 0 Å². The summed E-state index contributed by atoms with van der Waals surface area (Å²) in [5.41, 5.74) is -0.145. The van der Waals surface area contributed by atoms with Crippen molar-refractivity contribution in [3.8, 4) is 0 Å². The van der Waals surface area contributed by atoms with Crippen LogP contribution in [0, 0.1) is 35.0 Å². The second-order valence-corrected chi connectivity index (χ2v) is 11.8. The van der Waals surface area contributed by atoms with Crippen molar-refractivity contribution < 1.29 is 28.4 Å². The molecule has 37 heavy (non-hydrogen) atoms. The lowest BCUT2D eigenvalue weighted by molar-refractivity contribution is -0.150. The number of hydrogen-bond donors (Lipinski definition) is 3. The first kappa shape index (κ1) is 29.1. The van der Waals surface area contributed by atoms with Crippen molar-refractivity contribution in [3.63, 3.8) is 0 Å². The van der Waals surface area contributed by atoms with E-state index in [1.54, 1.807) is 13.8 Å². The Morgan fingerprint density at radius 1 is 1.24 bits per heavy atom. The smallest absolute Gasteiger partial charge is 0.291 e. The van der Waals surface area contributed by atoms with Crippen LogP contribution in [0.15, 0.2) is 0 Å². The Hall–Kier alpha value is -2.43. The summed E-state index contributed by atoms with van der Waals surface area (Å²) in [6.07, 6.45) is 1.06. The number of rotatable bonds is 9. The first-order chi connectivity index (χ1) is 17.2. The summed E-state index contributed by atoms with van der Waals surface area (Å²) in [5.74, 6) is -3.95. The van der Waals surface area contributed by atoms with E-state index in [-0.39, 0.29) is 53.4 Å². The zero-order valence-electron chi connectivity index (χ0n) is 22.3. The molecule has 5 amide bonds. The molecular weight excluding hydrogens is 505 g/mol. The number of carbonyl (C=O) groups is 5. The molecule has 0 aromatic heterocycles. The molecule has 3 rings (SSSR count). The van der Waals surface area contributed by atoms with Crippen molar-refractivity contribution >= 4 is 41.1 Å². The molecule has 1 aliphatic carbocycles. The molecule has 0 aromatic carbocycles. The van der Waals surface area contributed by atoms with E-state index in [9.17, 15) is 28.4 Å². The highest BCUT2D eigenvalue weighted by atomic mass is 35.5. The average Bonchev–Trinajstić information content (AvgIpc) is 3.19. The highest BCUT2D eigenvalue weighted by Crippen LogP contribution is 2.65. The zero-order chi connectivity index (χ0) is 27.8. The van der Waals surface area contributed by atoms with Gasteiger partial charge < -0.3 is 15.5 Å². The van der Waals surface area contributed by atoms with Crippen LogP contribution in [0.5, 0.6) is 0 Å². The van der Waals surface area contributed by atoms with Crippen LogP contribution < -0.4 is 16.1 Å². The van der Waals surface area contributed by atoms with Crippen LogP contribution in [0.1, 0.15) is 54.4 Å². The summed E-state index contributed by atoms with van der Waals surface area (Å²) in [4.78, 5) is 65.9. The maximum absolute atomic E-state index is 13.8. The van der Waals surface area contributed by atoms with Crippen LogP contribution in [0.25, 0.3) is 0 Å². The van der Waals surface area contributed by atoms with E-state index in [1.807, 2.05) is 27.7 Å². The number of amides is 5. The summed E-state index contributed by atoms with van der Waals surface area (Å²) in [6.45, 7) is 11.8. The fourth-order valence-corrected chi connectivity index (χ4v) is 5.66. The Balaban J connectivity index is 1.85. The topological polar surface area (TPSA) is 128 Å². The number of fused-ring (bicyclic) bond motifs is 1. The van der Waals surface area contributed by atoms with Crippen molar-refractivity contribution in [2.45, 2.75) is 72.1 Å². The molecule has 0 unspecified atom stereocenters. The molecule has 208 valence electrons. The van der Waals surface area contributed by atoms with Crippen molar-refractivity contribution in [2.24, 2.45) is 35.0 Å². The Morgan fingerprint density at radius 2 is 1.89 bits per heavy atom. The average molecular weight is 544 g/mol. The molecule has 0 bridgehead atoms. The van der Waals surface area contributed by atoms with Gasteiger partial charge >= 0.3 is 0 Å². The SMILES string of the molecule is CC[C@H](C)[C@H](NC(=O)C(C)C)C(=O)N1C[C@H]2[C@@H]([C@H]1C(=O)NN(C[C@@H]1CCNC1=O)C(=O)[C@H](F)Cl)C2(C)C. The van der Waals surface area contributed by atoms with Gasteiger partial charge in [0.05, 0.1) is 12.5 Å². The third-order valence-corrected chi connectivity index (χ3v) is 8.51. The maximum Gasteiger partial charge on any atom is 0.291 e. The lowest BCUT2D eigenvalue weighted by Gasteiger charge is -2.36. The molecule has 2 heterocycles. The van der Waals surface area contributed by atoms with Crippen LogP contribution >= 0.6 is 11.6 Å². The Morgan fingerprint density at radius 3 is 2.41 bits per heavy atom. The molecular formula is C25H39ClFN5O5. The first-order valence-electron chi connectivity index (χ1n) is 13.0. The number of carbonyl (C=O) groups excluding carboxylic acids is 5. The quantitative estimate of drug-likeness (QED) is 0.297. The van der Waals surface area contributed by atoms with E-state index in [0.29, 0.717) is 25.9 Å². The second kappa shape index (κ2) is 11.1. The Bertz CT molecular complexity index is 944. The summed E-state index contributed by atoms with van der Waals surface area (Å²) < 4.78 is 13.8. The molecule has 2 saturated heterocycles. The van der Waals surface area contributed by atoms with Crippen LogP contribution in [-0.2, 0) is 24.0 Å². The minimum atomic E-state index is -2.41. The van der Waals surface area contributed by atoms with Gasteiger partial charge in [-0.15, -0.1) is 0 Å². The minimum Gasteiger partial charge on any atom is -0.356 e. The molecule has 1 saturated carbocycles. The van der Waals surface area contributed by atoms with Gasteiger partial charge in [-0.2, -0.15) is 0 Å². The van der Waals surface area contributed by atoms with Crippen LogP contribution in [-0.4, -0.2) is 76.8 Å². The number of alkyl halides is 2. The summed E-state index contributed by atoms with van der Waals surface area (Å²) in [7, 11) is 0. The Labute approximate surface area is 222 Å². The number of nitrogens with zero attached hydrogens (tertiary/aromatic N) is 2. The lowest BCUT2D eigenvalue weighted by Crippen LogP contribution is -2.60. The fourth-order valence-electron chi connectivity index (χ4n) is 5.54. The molecule has 2 aliphatic heterocycles. The van der Waals surface area contributed by atoms with Crippen molar-refractivity contribution in [3.05, 3.63) is 0 Å². The number of nitrogens with one attached hydrogen (secondary N) is 3. The molecule has 10 nitrogen and oxygen atoms in total. The van der Waals surface area contributed by atoms with E-state index in [2.05, 4.69) is 16.1 Å². The van der Waals surface area contributed by atoms with Gasteiger partial charge in [-0.05, 0) is 29.6 Å². The molecule has 0 aromatic rings. The van der Waals surface area contributed by atoms with E-state index < -0.39 is 35.4 Å². The second-order valence-electron chi connectivity index (χ2n) is 11.4. The van der Waals surface area contributed by atoms with Gasteiger partial charge in [0.15, 0.2) is 0 Å². The normalized spacial score (nSPS) is 28.1. The van der Waals surface area contributed by atoms with Gasteiger partial charge in [-0.25, -0.2) is 9.40 Å². The molecule has 0 radical (unpaired) electrons. The molecule has 3 N–H and O–H groups in total. The van der Waals surface area contributed by atoms with E-state index in [4.69, 9.17) is 11.6 Å². The van der Waals surface area contributed by atoms with Gasteiger partial charge in [0, 0.05) is 19.0 Å². The lowest BCUT2D eigenvalue weighted by atomic mass is 9.94. The zero-order valence-corrected chi connectivity index (χ0v) is 23.1. The molecule has 12 heteroatoms. The first-order valence-corrected chi connectivity index (χ1v) is 13.4. The minimum absolute atomic E-state index is 0.0669. The predicted molar refractivity (Wildman–Crippen MR) is 134 cm³/mol. The molecule has 3 aliphatic rings. The third-order valence-electron chi connectivity index (χ3n) is 8.33. The number of hydrogen-bond acceptors (Lipinski definition) is 5. The Kier molecular flexibility index (Phi) is 8.76. The summed E-state index contributed by atoms with van der Waals surface area (Å²) in [5, 5.41) is 6.25. The largest absolute Gasteiger partial charge is 0.356 e. The number of likely N-dealkylation sites (tertiary alicyclic amines) is 1. The molecule has 7 atom stereocenters. The van der Waals surface area contributed by atoms with Crippen molar-refractivity contribution in [1.29, 1.82) is 0 Å². The number of hydrazine groups is 1. The van der Waals surface area contributed by atoms with Crippen LogP contribution in [0.4, 0.5) is 4.39 Å². The van der Waals surface area contributed by atoms with Gasteiger partial charge in [-0.3, -0.25) is 29.4 Å². The maximum atomic E-state index is 13.8. The third kappa shape index (κ3) is 5.86. The van der Waals surface area contributed by atoms with E-state index in [1.165, 1.54) is 4.90 Å². The van der Waals surface area contributed by atoms with Crippen molar-refractivity contribution in [2.75, 3.05) is 19.6 Å². The summed E-state index contributed by atoms with van der Waals surface area (Å²) in [6, 6.07) is -1.73. The number of halogens is 2. The predicted octanol–water partition coefficient (Wildman–Crippen LogP) is 1.19. The van der Waals surface area contributed by atoms with Crippen molar-refractivity contribution in [1.82, 2.24) is 26.0 Å². The highest BCUT2D eigenvalue weighted by molar-refractivity contribution is 6.29. The highest BCUT2D eigenvalue weighted by Gasteiger charge is 2.69. The molecule has 3 fully saturated rings. The fraction of sp³-hybridized carbons (Fsp3) is 0.800. The van der Waals surface area contributed by atoms with E-state index in [0.717, 1.165) is 5.01 Å². The van der Waals surface area contributed by atoms with Gasteiger partial charge in [0.1, 0.15) is 12.1 Å². The standard InChI is InChI=1S/C25H39ClFN5O5/c1-7-13(4)17(29-20(33)12(2)3)23(36)31-11-15-16(25(15,5)6)18(31)22(35)30-32(24(37)19(26)27)10-14-8-9-28-21(14)34/h12-19H,7-11H2,1-6H3,(H,28,34)(H,29,33)(H,30,35)/t13-,14-,15-,16-,17-,18-,19-/m0/s1. The van der Waals surface area contributed by atoms with E-state index >= 15 is 0 Å². The van der Waals surface area contributed by atoms with Crippen LogP contribution in [0.3, 0.4) is 0 Å². The van der Waals surface area contributed by atoms with Gasteiger partial charge in [0.2, 0.25) is 17.7 Å². The molecule has 0 spiro atoms. The number of piperidine rings is 1. The monoisotopic (exact) mass is 543 g/mol. The van der Waals surface area contributed by atoms with Gasteiger partial charge in [0.25, 0.3) is 17.4 Å².